The second-order valence-corrected chi connectivity index (χ2v) is 6.83. The molecule has 0 amide bonds. The molecule has 4 atom stereocenters. The molecule has 1 saturated carbocycles. The Kier molecular flexibility index (Phi) is 3.11. The van der Waals surface area contributed by atoms with Gasteiger partial charge in [-0.2, -0.15) is 0 Å². The number of carbonyl (C=O) groups excluding carboxylic acids is 2. The number of allylic oxidation sites excluding steroid dienone is 2. The Bertz CT molecular complexity index is 516. The molecule has 3 heteroatoms. The fraction of sp³-hybridized carbons (Fsp3) is 0.647. The van der Waals surface area contributed by atoms with E-state index in [1.165, 1.54) is 0 Å². The van der Waals surface area contributed by atoms with E-state index in [4.69, 9.17) is 4.74 Å². The molecular formula is C17H22O3. The maximum atomic E-state index is 11.8. The summed E-state index contributed by atoms with van der Waals surface area (Å²) in [6.45, 7) is 7.81. The minimum atomic E-state index is -0.234. The van der Waals surface area contributed by atoms with E-state index in [2.05, 4.69) is 19.6 Å². The number of ether oxygens (including phenoxy) is 1. The van der Waals surface area contributed by atoms with Gasteiger partial charge in [0.2, 0.25) is 0 Å². The van der Waals surface area contributed by atoms with Crippen molar-refractivity contribution in [1.29, 1.82) is 0 Å². The van der Waals surface area contributed by atoms with Crippen molar-refractivity contribution in [2.45, 2.75) is 52.1 Å². The van der Waals surface area contributed by atoms with Crippen molar-refractivity contribution >= 4 is 11.8 Å². The molecule has 1 aliphatic heterocycles. The molecule has 1 saturated heterocycles. The van der Waals surface area contributed by atoms with Crippen LogP contribution in [0.3, 0.4) is 0 Å². The lowest BCUT2D eigenvalue weighted by molar-refractivity contribution is -0.140. The number of hydrogen-bond donors (Lipinski definition) is 0. The van der Waals surface area contributed by atoms with Crippen LogP contribution in [0.4, 0.5) is 0 Å². The van der Waals surface area contributed by atoms with Crippen LogP contribution in [0.25, 0.3) is 0 Å². The molecule has 3 aliphatic rings. The van der Waals surface area contributed by atoms with Gasteiger partial charge in [0.25, 0.3) is 0 Å². The molecule has 0 aromatic carbocycles. The van der Waals surface area contributed by atoms with Crippen LogP contribution in [0.15, 0.2) is 23.8 Å². The van der Waals surface area contributed by atoms with E-state index in [-0.39, 0.29) is 29.2 Å². The number of Topliss-reactive ketones (excluding diaryl/α,β-unsaturated/α-hetero) is 1. The molecule has 0 bridgehead atoms. The molecule has 2 aliphatic carbocycles. The van der Waals surface area contributed by atoms with Crippen molar-refractivity contribution in [2.75, 3.05) is 0 Å². The molecule has 3 rings (SSSR count). The Labute approximate surface area is 120 Å². The summed E-state index contributed by atoms with van der Waals surface area (Å²) in [7, 11) is 0. The topological polar surface area (TPSA) is 43.4 Å². The van der Waals surface area contributed by atoms with Gasteiger partial charge in [-0.05, 0) is 50.0 Å². The summed E-state index contributed by atoms with van der Waals surface area (Å²) in [5.41, 5.74) is 1.77. The average Bonchev–Trinajstić information content (AvgIpc) is 2.97. The number of carbonyl (C=O) groups is 2. The van der Waals surface area contributed by atoms with Gasteiger partial charge in [-0.3, -0.25) is 4.79 Å². The first kappa shape index (κ1) is 13.6. The Morgan fingerprint density at radius 3 is 2.95 bits per heavy atom. The standard InChI is InChI=1S/C17H22O3/c1-10-13-7-6-12(11(2)18)5-4-8-17(3)9-14(17)15(13)20-16(10)19/h5,13-15H,1,4,6-9H2,2-3H3/t13-,14?,15-,17?/m0/s1. The molecule has 2 fully saturated rings. The van der Waals surface area contributed by atoms with Gasteiger partial charge in [-0.25, -0.2) is 4.79 Å². The van der Waals surface area contributed by atoms with Gasteiger partial charge in [0.15, 0.2) is 5.78 Å². The van der Waals surface area contributed by atoms with E-state index in [0.29, 0.717) is 11.5 Å². The van der Waals surface area contributed by atoms with Crippen molar-refractivity contribution in [2.24, 2.45) is 17.3 Å². The number of hydrogen-bond acceptors (Lipinski definition) is 3. The number of rotatable bonds is 1. The highest BCUT2D eigenvalue weighted by Gasteiger charge is 2.59. The van der Waals surface area contributed by atoms with Crippen LogP contribution in [0, 0.1) is 17.3 Å². The highest BCUT2D eigenvalue weighted by molar-refractivity contribution is 5.93. The predicted octanol–water partition coefficient (Wildman–Crippen LogP) is 3.20. The fourth-order valence-electron chi connectivity index (χ4n) is 3.88. The summed E-state index contributed by atoms with van der Waals surface area (Å²) < 4.78 is 5.58. The Morgan fingerprint density at radius 2 is 2.25 bits per heavy atom. The molecule has 3 nitrogen and oxygen atoms in total. The maximum Gasteiger partial charge on any atom is 0.334 e. The highest BCUT2D eigenvalue weighted by atomic mass is 16.6. The SMILES string of the molecule is C=C1C(=O)O[C@@H]2C3CC3(C)CCC=C(C(C)=O)CC[C@@H]12. The minimum absolute atomic E-state index is 0.00805. The van der Waals surface area contributed by atoms with Crippen LogP contribution in [0.5, 0.6) is 0 Å². The Balaban J connectivity index is 1.88. The van der Waals surface area contributed by atoms with Crippen LogP contribution in [0.2, 0.25) is 0 Å². The highest BCUT2D eigenvalue weighted by Crippen LogP contribution is 2.61. The van der Waals surface area contributed by atoms with Gasteiger partial charge in [-0.1, -0.05) is 19.6 Å². The van der Waals surface area contributed by atoms with E-state index < -0.39 is 0 Å². The summed E-state index contributed by atoms with van der Waals surface area (Å²) in [6, 6.07) is 0. The summed E-state index contributed by atoms with van der Waals surface area (Å²) >= 11 is 0. The van der Waals surface area contributed by atoms with Crippen LogP contribution >= 0.6 is 0 Å². The molecular weight excluding hydrogens is 252 g/mol. The van der Waals surface area contributed by atoms with Crippen LogP contribution in [0.1, 0.15) is 46.0 Å². The van der Waals surface area contributed by atoms with E-state index in [9.17, 15) is 9.59 Å². The molecule has 0 radical (unpaired) electrons. The molecule has 108 valence electrons. The van der Waals surface area contributed by atoms with Crippen molar-refractivity contribution in [3.05, 3.63) is 23.8 Å². The molecule has 2 unspecified atom stereocenters. The van der Waals surface area contributed by atoms with Crippen LogP contribution in [-0.4, -0.2) is 17.9 Å². The van der Waals surface area contributed by atoms with Gasteiger partial charge < -0.3 is 4.74 Å². The number of fused-ring (bicyclic) bond motifs is 3. The Morgan fingerprint density at radius 1 is 1.50 bits per heavy atom. The van der Waals surface area contributed by atoms with Crippen molar-refractivity contribution in [3.63, 3.8) is 0 Å². The molecule has 0 N–H and O–H groups in total. The molecule has 0 spiro atoms. The second kappa shape index (κ2) is 4.57. The molecule has 0 aromatic heterocycles. The summed E-state index contributed by atoms with van der Waals surface area (Å²) in [5, 5.41) is 0. The monoisotopic (exact) mass is 274 g/mol. The first-order valence-electron chi connectivity index (χ1n) is 7.52. The third kappa shape index (κ3) is 2.13. The van der Waals surface area contributed by atoms with Crippen molar-refractivity contribution in [1.82, 2.24) is 0 Å². The van der Waals surface area contributed by atoms with E-state index in [1.54, 1.807) is 6.92 Å². The van der Waals surface area contributed by atoms with Crippen molar-refractivity contribution < 1.29 is 14.3 Å². The minimum Gasteiger partial charge on any atom is -0.458 e. The summed E-state index contributed by atoms with van der Waals surface area (Å²) in [6.07, 6.45) is 6.77. The quantitative estimate of drug-likeness (QED) is 0.545. The normalized spacial score (nSPS) is 40.3. The first-order chi connectivity index (χ1) is 9.42. The smallest absolute Gasteiger partial charge is 0.334 e. The first-order valence-corrected chi connectivity index (χ1v) is 7.52. The number of ketones is 1. The average molecular weight is 274 g/mol. The van der Waals surface area contributed by atoms with E-state index in [1.807, 2.05) is 0 Å². The van der Waals surface area contributed by atoms with Gasteiger partial charge in [0.1, 0.15) is 6.10 Å². The predicted molar refractivity (Wildman–Crippen MR) is 76.0 cm³/mol. The van der Waals surface area contributed by atoms with Crippen LogP contribution < -0.4 is 0 Å². The zero-order chi connectivity index (χ0) is 14.5. The third-order valence-corrected chi connectivity index (χ3v) is 5.45. The van der Waals surface area contributed by atoms with Crippen LogP contribution in [-0.2, 0) is 14.3 Å². The maximum absolute atomic E-state index is 11.8. The summed E-state index contributed by atoms with van der Waals surface area (Å²) in [5.74, 6) is 0.482. The summed E-state index contributed by atoms with van der Waals surface area (Å²) in [4.78, 5) is 23.5. The van der Waals surface area contributed by atoms with E-state index >= 15 is 0 Å². The molecule has 1 heterocycles. The zero-order valence-electron chi connectivity index (χ0n) is 12.3. The number of esters is 1. The fourth-order valence-corrected chi connectivity index (χ4v) is 3.88. The van der Waals surface area contributed by atoms with E-state index in [0.717, 1.165) is 37.7 Å². The Hall–Kier alpha value is -1.38. The van der Waals surface area contributed by atoms with Crippen molar-refractivity contribution in [3.8, 4) is 0 Å². The van der Waals surface area contributed by atoms with Gasteiger partial charge >= 0.3 is 5.97 Å². The lowest BCUT2D eigenvalue weighted by atomic mass is 9.83. The van der Waals surface area contributed by atoms with Gasteiger partial charge in [-0.15, -0.1) is 0 Å². The molecule has 20 heavy (non-hydrogen) atoms. The third-order valence-electron chi connectivity index (χ3n) is 5.45. The lowest BCUT2D eigenvalue weighted by Crippen LogP contribution is -2.23. The second-order valence-electron chi connectivity index (χ2n) is 6.83. The largest absolute Gasteiger partial charge is 0.458 e. The molecule has 0 aromatic rings. The zero-order valence-corrected chi connectivity index (χ0v) is 12.3. The van der Waals surface area contributed by atoms with Gasteiger partial charge in [0, 0.05) is 17.4 Å². The van der Waals surface area contributed by atoms with Gasteiger partial charge in [0.05, 0.1) is 0 Å². The lowest BCUT2D eigenvalue weighted by Gasteiger charge is -2.22.